The minimum atomic E-state index is -1.04. The molecule has 7 nitrogen and oxygen atoms in total. The van der Waals surface area contributed by atoms with Gasteiger partial charge in [-0.25, -0.2) is 4.79 Å². The van der Waals surface area contributed by atoms with E-state index in [1.807, 2.05) is 0 Å². The average molecular weight is 352 g/mol. The summed E-state index contributed by atoms with van der Waals surface area (Å²) in [5, 5.41) is 11.5. The van der Waals surface area contributed by atoms with Crippen LogP contribution in [0.3, 0.4) is 0 Å². The molecule has 3 amide bonds. The van der Waals surface area contributed by atoms with Crippen molar-refractivity contribution < 1.29 is 24.3 Å². The summed E-state index contributed by atoms with van der Waals surface area (Å²) in [6.45, 7) is 0.164. The molecule has 2 N–H and O–H groups in total. The lowest BCUT2D eigenvalue weighted by Crippen LogP contribution is -2.31. The molecule has 1 aliphatic rings. The van der Waals surface area contributed by atoms with Gasteiger partial charge < -0.3 is 10.4 Å². The molecule has 0 saturated heterocycles. The first-order valence-corrected chi connectivity index (χ1v) is 8.06. The number of carbonyl (C=O) groups excluding carboxylic acids is 3. The summed E-state index contributed by atoms with van der Waals surface area (Å²) in [5.74, 6) is -1.99. The number of amides is 3. The van der Waals surface area contributed by atoms with E-state index in [1.165, 1.54) is 24.3 Å². The van der Waals surface area contributed by atoms with Crippen LogP contribution in [0, 0.1) is 0 Å². The van der Waals surface area contributed by atoms with Gasteiger partial charge in [-0.05, 0) is 42.8 Å². The van der Waals surface area contributed by atoms with E-state index in [9.17, 15) is 19.2 Å². The molecule has 0 spiro atoms. The second-order valence-corrected chi connectivity index (χ2v) is 5.84. The number of fused-ring (bicyclic) bond motifs is 1. The summed E-state index contributed by atoms with van der Waals surface area (Å²) in [4.78, 5) is 48.3. The van der Waals surface area contributed by atoms with Crippen LogP contribution in [0.2, 0.25) is 0 Å². The first-order valence-electron chi connectivity index (χ1n) is 8.06. The van der Waals surface area contributed by atoms with E-state index in [0.717, 1.165) is 4.90 Å². The molecule has 2 aromatic rings. The molecule has 0 fully saturated rings. The number of carboxylic acids is 1. The molecule has 132 valence electrons. The molecular formula is C19H16N2O5. The first-order chi connectivity index (χ1) is 12.5. The van der Waals surface area contributed by atoms with Crippen LogP contribution in [0.4, 0.5) is 5.69 Å². The number of benzene rings is 2. The normalized spacial score (nSPS) is 12.8. The van der Waals surface area contributed by atoms with Crippen LogP contribution in [0.5, 0.6) is 0 Å². The first kappa shape index (κ1) is 17.3. The fourth-order valence-corrected chi connectivity index (χ4v) is 2.76. The molecular weight excluding hydrogens is 336 g/mol. The van der Waals surface area contributed by atoms with Gasteiger partial charge in [-0.1, -0.05) is 12.1 Å². The molecule has 1 aliphatic heterocycles. The van der Waals surface area contributed by atoms with Crippen molar-refractivity contribution in [2.45, 2.75) is 12.8 Å². The van der Waals surface area contributed by atoms with E-state index in [4.69, 9.17) is 5.11 Å². The highest BCUT2D eigenvalue weighted by molar-refractivity contribution is 6.21. The van der Waals surface area contributed by atoms with Crippen molar-refractivity contribution in [2.75, 3.05) is 11.9 Å². The SMILES string of the molecule is O=C(CCCN1C(=O)c2ccccc2C1=O)Nc1ccc(C(=O)O)cc1. The van der Waals surface area contributed by atoms with Crippen molar-refractivity contribution in [2.24, 2.45) is 0 Å². The van der Waals surface area contributed by atoms with Gasteiger partial charge in [0.15, 0.2) is 0 Å². The number of carbonyl (C=O) groups is 4. The van der Waals surface area contributed by atoms with Gasteiger partial charge in [-0.15, -0.1) is 0 Å². The van der Waals surface area contributed by atoms with E-state index in [-0.39, 0.29) is 36.3 Å². The number of hydrogen-bond donors (Lipinski definition) is 2. The Morgan fingerprint density at radius 1 is 0.923 bits per heavy atom. The predicted molar refractivity (Wildman–Crippen MR) is 93.1 cm³/mol. The van der Waals surface area contributed by atoms with Gasteiger partial charge >= 0.3 is 5.97 Å². The number of nitrogens with one attached hydrogen (secondary N) is 1. The summed E-state index contributed by atoms with van der Waals surface area (Å²) in [6, 6.07) is 12.4. The number of nitrogens with zero attached hydrogens (tertiary/aromatic N) is 1. The molecule has 7 heteroatoms. The number of rotatable bonds is 6. The van der Waals surface area contributed by atoms with Gasteiger partial charge in [0.1, 0.15) is 0 Å². The highest BCUT2D eigenvalue weighted by Crippen LogP contribution is 2.22. The molecule has 1 heterocycles. The summed E-state index contributed by atoms with van der Waals surface area (Å²) >= 11 is 0. The van der Waals surface area contributed by atoms with Crippen LogP contribution in [-0.2, 0) is 4.79 Å². The second kappa shape index (κ2) is 7.18. The molecule has 3 rings (SSSR count). The summed E-state index contributed by atoms with van der Waals surface area (Å²) in [6.07, 6.45) is 0.471. The molecule has 0 radical (unpaired) electrons. The van der Waals surface area contributed by atoms with E-state index >= 15 is 0 Å². The van der Waals surface area contributed by atoms with E-state index in [0.29, 0.717) is 23.2 Å². The van der Waals surface area contributed by atoms with E-state index in [2.05, 4.69) is 5.32 Å². The third-order valence-electron chi connectivity index (χ3n) is 4.08. The van der Waals surface area contributed by atoms with Crippen LogP contribution in [-0.4, -0.2) is 40.2 Å². The highest BCUT2D eigenvalue weighted by Gasteiger charge is 2.34. The van der Waals surface area contributed by atoms with E-state index in [1.54, 1.807) is 24.3 Å². The van der Waals surface area contributed by atoms with Crippen molar-refractivity contribution in [1.82, 2.24) is 4.90 Å². The third-order valence-corrected chi connectivity index (χ3v) is 4.08. The minimum Gasteiger partial charge on any atom is -0.478 e. The quantitative estimate of drug-likeness (QED) is 0.777. The zero-order valence-corrected chi connectivity index (χ0v) is 13.8. The summed E-state index contributed by atoms with van der Waals surface area (Å²) in [7, 11) is 0. The lowest BCUT2D eigenvalue weighted by molar-refractivity contribution is -0.116. The van der Waals surface area contributed by atoms with Crippen LogP contribution >= 0.6 is 0 Å². The lowest BCUT2D eigenvalue weighted by Gasteiger charge is -2.13. The maximum Gasteiger partial charge on any atom is 0.335 e. The fourth-order valence-electron chi connectivity index (χ4n) is 2.76. The molecule has 2 aromatic carbocycles. The Kier molecular flexibility index (Phi) is 4.79. The van der Waals surface area contributed by atoms with E-state index < -0.39 is 5.97 Å². The molecule has 0 bridgehead atoms. The number of imide groups is 1. The monoisotopic (exact) mass is 352 g/mol. The Balaban J connectivity index is 1.51. The van der Waals surface area contributed by atoms with Crippen molar-refractivity contribution in [3.63, 3.8) is 0 Å². The Bertz CT molecular complexity index is 854. The summed E-state index contributed by atoms with van der Waals surface area (Å²) in [5.41, 5.74) is 1.40. The van der Waals surface area contributed by atoms with Gasteiger partial charge in [-0.2, -0.15) is 0 Å². The number of anilines is 1. The van der Waals surface area contributed by atoms with Crippen LogP contribution < -0.4 is 5.32 Å². The van der Waals surface area contributed by atoms with Crippen molar-refractivity contribution >= 4 is 29.4 Å². The lowest BCUT2D eigenvalue weighted by atomic mass is 10.1. The maximum absolute atomic E-state index is 12.2. The highest BCUT2D eigenvalue weighted by atomic mass is 16.4. The average Bonchev–Trinajstić information content (AvgIpc) is 2.87. The zero-order valence-electron chi connectivity index (χ0n) is 13.8. The smallest absolute Gasteiger partial charge is 0.335 e. The third kappa shape index (κ3) is 3.46. The van der Waals surface area contributed by atoms with Crippen LogP contribution in [0.1, 0.15) is 43.9 Å². The number of carboxylic acid groups (broad SMARTS) is 1. The minimum absolute atomic E-state index is 0.133. The fraction of sp³-hybridized carbons (Fsp3) is 0.158. The van der Waals surface area contributed by atoms with Gasteiger partial charge in [0.25, 0.3) is 11.8 Å². The molecule has 0 aliphatic carbocycles. The molecule has 0 aromatic heterocycles. The molecule has 0 atom stereocenters. The molecule has 0 unspecified atom stereocenters. The predicted octanol–water partition coefficient (Wildman–Crippen LogP) is 2.40. The second-order valence-electron chi connectivity index (χ2n) is 5.84. The Hall–Kier alpha value is -3.48. The van der Waals surface area contributed by atoms with Crippen LogP contribution in [0.25, 0.3) is 0 Å². The molecule has 0 saturated carbocycles. The standard InChI is InChI=1S/C19H16N2O5/c22-16(20-13-9-7-12(8-10-13)19(25)26)6-3-11-21-17(23)14-4-1-2-5-15(14)18(21)24/h1-2,4-5,7-10H,3,6,11H2,(H,20,22)(H,25,26). The van der Waals surface area contributed by atoms with Gasteiger partial charge in [0.05, 0.1) is 16.7 Å². The Morgan fingerprint density at radius 3 is 2.04 bits per heavy atom. The van der Waals surface area contributed by atoms with Gasteiger partial charge in [0, 0.05) is 18.7 Å². The van der Waals surface area contributed by atoms with Crippen molar-refractivity contribution in [3.8, 4) is 0 Å². The van der Waals surface area contributed by atoms with Crippen LogP contribution in [0.15, 0.2) is 48.5 Å². The number of aromatic carboxylic acids is 1. The van der Waals surface area contributed by atoms with Gasteiger partial charge in [-0.3, -0.25) is 19.3 Å². The van der Waals surface area contributed by atoms with Gasteiger partial charge in [0.2, 0.25) is 5.91 Å². The molecule has 26 heavy (non-hydrogen) atoms. The van der Waals surface area contributed by atoms with Crippen molar-refractivity contribution in [3.05, 3.63) is 65.2 Å². The Labute approximate surface area is 149 Å². The maximum atomic E-state index is 12.2. The topological polar surface area (TPSA) is 104 Å². The zero-order chi connectivity index (χ0) is 18.7. The Morgan fingerprint density at radius 2 is 1.50 bits per heavy atom. The number of hydrogen-bond acceptors (Lipinski definition) is 4. The van der Waals surface area contributed by atoms with Crippen molar-refractivity contribution in [1.29, 1.82) is 0 Å². The largest absolute Gasteiger partial charge is 0.478 e. The summed E-state index contributed by atoms with van der Waals surface area (Å²) < 4.78 is 0.